The number of aryl methyl sites for hydroxylation is 1. The predicted molar refractivity (Wildman–Crippen MR) is 223 cm³/mol. The highest BCUT2D eigenvalue weighted by Gasteiger charge is 2.45. The zero-order valence-electron chi connectivity index (χ0n) is 30.4. The minimum absolute atomic E-state index is 0.143. The van der Waals surface area contributed by atoms with Gasteiger partial charge in [-0.05, 0) is 119 Å². The van der Waals surface area contributed by atoms with Gasteiger partial charge in [0, 0.05) is 34.5 Å². The molecular weight excluding hydrogens is 627 g/mol. The molecule has 0 aromatic heterocycles. The second-order valence-electron chi connectivity index (χ2n) is 15.8. The van der Waals surface area contributed by atoms with Crippen molar-refractivity contribution in [1.82, 2.24) is 0 Å². The van der Waals surface area contributed by atoms with Gasteiger partial charge in [0.1, 0.15) is 0 Å². The fourth-order valence-corrected chi connectivity index (χ4v) is 10.1. The standard InChI is InChI=1S/C49H47BN2/c1-34-16-14-15-25-44(34)52-45-29-27-38(35-17-6-2-7-18-35)30-43(45)50-42-28-26-39(36-19-8-3-9-20-36)31-46(42)51(41-23-12-5-13-24-41)47-32-40(33-48(52)49(47)50)37-21-10-4-11-22-37/h2-3,6-9,14-20,25-33,37,41H,4-5,10-13,21-24H2,1H3. The molecule has 10 rings (SSSR count). The molecule has 256 valence electrons. The largest absolute Gasteiger partial charge is 0.339 e. The third-order valence-corrected chi connectivity index (χ3v) is 12.7. The Labute approximate surface area is 310 Å². The normalized spacial score (nSPS) is 17.1. The quantitative estimate of drug-likeness (QED) is 0.168. The first-order valence-corrected chi connectivity index (χ1v) is 19.9. The Kier molecular flexibility index (Phi) is 8.04. The van der Waals surface area contributed by atoms with Gasteiger partial charge in [-0.25, -0.2) is 0 Å². The van der Waals surface area contributed by atoms with Gasteiger partial charge in [0.2, 0.25) is 0 Å². The van der Waals surface area contributed by atoms with Gasteiger partial charge in [0.25, 0.3) is 6.71 Å². The number of rotatable bonds is 5. The zero-order chi connectivity index (χ0) is 34.6. The smallest absolute Gasteiger partial charge is 0.252 e. The van der Waals surface area contributed by atoms with E-state index in [1.54, 1.807) is 5.56 Å². The molecule has 6 aromatic rings. The van der Waals surface area contributed by atoms with Crippen molar-refractivity contribution in [2.24, 2.45) is 0 Å². The maximum Gasteiger partial charge on any atom is 0.252 e. The van der Waals surface area contributed by atoms with Gasteiger partial charge in [0.15, 0.2) is 0 Å². The van der Waals surface area contributed by atoms with Crippen molar-refractivity contribution in [3.05, 3.63) is 145 Å². The van der Waals surface area contributed by atoms with Crippen LogP contribution in [0.4, 0.5) is 28.4 Å². The third kappa shape index (κ3) is 5.31. The van der Waals surface area contributed by atoms with Crippen LogP contribution in [0.15, 0.2) is 133 Å². The highest BCUT2D eigenvalue weighted by Crippen LogP contribution is 2.47. The molecule has 0 bridgehead atoms. The fourth-order valence-electron chi connectivity index (χ4n) is 10.1. The van der Waals surface area contributed by atoms with Crippen molar-refractivity contribution in [3.63, 3.8) is 0 Å². The van der Waals surface area contributed by atoms with E-state index in [4.69, 9.17) is 0 Å². The van der Waals surface area contributed by atoms with Gasteiger partial charge in [0.05, 0.1) is 0 Å². The average molecular weight is 675 g/mol. The lowest BCUT2D eigenvalue weighted by atomic mass is 9.33. The molecule has 3 heteroatoms. The lowest BCUT2D eigenvalue weighted by molar-refractivity contribution is 0.435. The van der Waals surface area contributed by atoms with Crippen molar-refractivity contribution in [1.29, 1.82) is 0 Å². The average Bonchev–Trinajstić information content (AvgIpc) is 3.22. The zero-order valence-corrected chi connectivity index (χ0v) is 30.4. The Hall–Kier alpha value is -5.02. The van der Waals surface area contributed by atoms with Gasteiger partial charge < -0.3 is 9.80 Å². The van der Waals surface area contributed by atoms with Crippen molar-refractivity contribution in [2.45, 2.75) is 83.1 Å². The molecule has 0 radical (unpaired) electrons. The Morgan fingerprint density at radius 1 is 0.462 bits per heavy atom. The van der Waals surface area contributed by atoms with Gasteiger partial charge in [-0.15, -0.1) is 0 Å². The van der Waals surface area contributed by atoms with E-state index < -0.39 is 0 Å². The summed E-state index contributed by atoms with van der Waals surface area (Å²) in [6, 6.07) is 51.5. The number of hydrogen-bond donors (Lipinski definition) is 0. The van der Waals surface area contributed by atoms with E-state index in [0.29, 0.717) is 12.0 Å². The summed E-state index contributed by atoms with van der Waals surface area (Å²) in [6.07, 6.45) is 13.1. The Balaban J connectivity index is 1.29. The summed E-state index contributed by atoms with van der Waals surface area (Å²) in [5.74, 6) is 0.611. The van der Waals surface area contributed by atoms with Gasteiger partial charge >= 0.3 is 0 Å². The first-order valence-electron chi connectivity index (χ1n) is 19.9. The second kappa shape index (κ2) is 13.2. The first-order chi connectivity index (χ1) is 25.7. The first kappa shape index (κ1) is 31.7. The van der Waals surface area contributed by atoms with E-state index in [-0.39, 0.29) is 6.71 Å². The molecule has 6 aromatic carbocycles. The summed E-state index contributed by atoms with van der Waals surface area (Å²) in [5.41, 5.74) is 19.2. The van der Waals surface area contributed by atoms with Crippen molar-refractivity contribution >= 4 is 51.5 Å². The van der Waals surface area contributed by atoms with Crippen molar-refractivity contribution in [3.8, 4) is 22.3 Å². The topological polar surface area (TPSA) is 6.48 Å². The van der Waals surface area contributed by atoms with Gasteiger partial charge in [-0.1, -0.05) is 142 Å². The Bertz CT molecular complexity index is 2250. The number of nitrogens with zero attached hydrogens (tertiary/aromatic N) is 2. The molecule has 2 saturated carbocycles. The van der Waals surface area contributed by atoms with Crippen LogP contribution < -0.4 is 26.2 Å². The molecule has 0 atom stereocenters. The predicted octanol–water partition coefficient (Wildman–Crippen LogP) is 11.5. The second-order valence-corrected chi connectivity index (χ2v) is 15.8. The lowest BCUT2D eigenvalue weighted by Crippen LogP contribution is -2.63. The minimum atomic E-state index is 0.143. The Morgan fingerprint density at radius 3 is 1.79 bits per heavy atom. The van der Waals surface area contributed by atoms with Crippen LogP contribution in [-0.2, 0) is 0 Å². The van der Waals surface area contributed by atoms with Crippen LogP contribution in [0.2, 0.25) is 0 Å². The van der Waals surface area contributed by atoms with Crippen molar-refractivity contribution < 1.29 is 0 Å². The molecule has 2 nitrogen and oxygen atoms in total. The molecule has 2 aliphatic heterocycles. The SMILES string of the molecule is Cc1ccccc1N1c2ccc(-c3ccccc3)cc2B2c3ccc(-c4ccccc4)cc3N(C3CCCCC3)c3cc(C4CCCCC4)cc1c32. The van der Waals surface area contributed by atoms with E-state index in [0.717, 1.165) is 0 Å². The number of benzene rings is 6. The van der Waals surface area contributed by atoms with E-state index in [2.05, 4.69) is 150 Å². The highest BCUT2D eigenvalue weighted by atomic mass is 15.2. The molecule has 2 heterocycles. The summed E-state index contributed by atoms with van der Waals surface area (Å²) in [6.45, 7) is 2.43. The van der Waals surface area contributed by atoms with E-state index in [1.165, 1.54) is 137 Å². The number of anilines is 5. The third-order valence-electron chi connectivity index (χ3n) is 12.7. The molecule has 0 saturated heterocycles. The number of hydrogen-bond acceptors (Lipinski definition) is 2. The summed E-state index contributed by atoms with van der Waals surface area (Å²) < 4.78 is 0. The summed E-state index contributed by atoms with van der Waals surface area (Å²) in [7, 11) is 0. The van der Waals surface area contributed by atoms with Crippen LogP contribution in [0, 0.1) is 6.92 Å². The molecule has 2 aliphatic carbocycles. The maximum atomic E-state index is 2.85. The van der Waals surface area contributed by atoms with Crippen molar-refractivity contribution in [2.75, 3.05) is 9.80 Å². The molecule has 2 fully saturated rings. The van der Waals surface area contributed by atoms with Crippen LogP contribution in [0.3, 0.4) is 0 Å². The summed E-state index contributed by atoms with van der Waals surface area (Å²) in [5, 5.41) is 0. The van der Waals surface area contributed by atoms with E-state index >= 15 is 0 Å². The monoisotopic (exact) mass is 674 g/mol. The highest BCUT2D eigenvalue weighted by molar-refractivity contribution is 7.00. The number of para-hydroxylation sites is 1. The summed E-state index contributed by atoms with van der Waals surface area (Å²) >= 11 is 0. The fraction of sp³-hybridized carbons (Fsp3) is 0.265. The minimum Gasteiger partial charge on any atom is -0.339 e. The molecule has 0 amide bonds. The molecule has 4 aliphatic rings. The summed E-state index contributed by atoms with van der Waals surface area (Å²) in [4.78, 5) is 5.49. The molecular formula is C49H47BN2. The van der Waals surface area contributed by atoms with Crippen LogP contribution in [0.1, 0.15) is 81.3 Å². The lowest BCUT2D eigenvalue weighted by Gasteiger charge is -2.48. The molecule has 0 unspecified atom stereocenters. The number of fused-ring (bicyclic) bond motifs is 4. The Morgan fingerprint density at radius 2 is 1.08 bits per heavy atom. The van der Waals surface area contributed by atoms with Gasteiger partial charge in [-0.2, -0.15) is 0 Å². The van der Waals surface area contributed by atoms with E-state index in [9.17, 15) is 0 Å². The van der Waals surface area contributed by atoms with E-state index in [1.807, 2.05) is 0 Å². The van der Waals surface area contributed by atoms with Crippen LogP contribution in [-0.4, -0.2) is 12.8 Å². The van der Waals surface area contributed by atoms with Crippen LogP contribution >= 0.6 is 0 Å². The van der Waals surface area contributed by atoms with Crippen LogP contribution in [0.25, 0.3) is 22.3 Å². The van der Waals surface area contributed by atoms with Gasteiger partial charge in [-0.3, -0.25) is 0 Å². The van der Waals surface area contributed by atoms with Crippen LogP contribution in [0.5, 0.6) is 0 Å². The maximum absolute atomic E-state index is 2.85. The molecule has 0 spiro atoms. The molecule has 0 N–H and O–H groups in total. The molecule has 52 heavy (non-hydrogen) atoms.